The summed E-state index contributed by atoms with van der Waals surface area (Å²) in [6, 6.07) is 0. The topological polar surface area (TPSA) is 91.0 Å². The SMILES string of the molecule is C/C=C\C=C(/C=NCOC(=O)OC)C(N)=O. The molecule has 0 unspecified atom stereocenters. The first kappa shape index (κ1) is 13.9. The second-order valence-electron chi connectivity index (χ2n) is 2.55. The van der Waals surface area contributed by atoms with Crippen molar-refractivity contribution in [2.75, 3.05) is 13.8 Å². The van der Waals surface area contributed by atoms with Gasteiger partial charge in [-0.05, 0) is 13.0 Å². The highest BCUT2D eigenvalue weighted by Crippen LogP contribution is 1.91. The van der Waals surface area contributed by atoms with Crippen LogP contribution in [0.25, 0.3) is 0 Å². The number of rotatable bonds is 5. The van der Waals surface area contributed by atoms with Crippen molar-refractivity contribution in [3.8, 4) is 0 Å². The van der Waals surface area contributed by atoms with Gasteiger partial charge in [-0.15, -0.1) is 0 Å². The van der Waals surface area contributed by atoms with Gasteiger partial charge in [-0.25, -0.2) is 4.79 Å². The van der Waals surface area contributed by atoms with Crippen LogP contribution in [0, 0.1) is 0 Å². The molecule has 6 nitrogen and oxygen atoms in total. The fourth-order valence-corrected chi connectivity index (χ4v) is 0.673. The Labute approximate surface area is 93.4 Å². The average Bonchev–Trinajstić information content (AvgIpc) is 2.27. The van der Waals surface area contributed by atoms with Gasteiger partial charge in [0.15, 0.2) is 6.73 Å². The summed E-state index contributed by atoms with van der Waals surface area (Å²) >= 11 is 0. The number of carbonyl (C=O) groups excluding carboxylic acids is 2. The predicted octanol–water partition coefficient (Wildman–Crippen LogP) is 0.785. The molecule has 0 rings (SSSR count). The molecule has 0 aromatic carbocycles. The highest BCUT2D eigenvalue weighted by atomic mass is 16.7. The zero-order valence-electron chi connectivity index (χ0n) is 9.17. The van der Waals surface area contributed by atoms with Crippen molar-refractivity contribution in [1.82, 2.24) is 0 Å². The molecule has 0 saturated carbocycles. The maximum Gasteiger partial charge on any atom is 0.509 e. The van der Waals surface area contributed by atoms with Crippen LogP contribution in [0.5, 0.6) is 0 Å². The summed E-state index contributed by atoms with van der Waals surface area (Å²) in [5.74, 6) is -0.611. The molecule has 0 heterocycles. The fourth-order valence-electron chi connectivity index (χ4n) is 0.673. The maximum absolute atomic E-state index is 10.9. The molecule has 6 heteroatoms. The Morgan fingerprint density at radius 1 is 1.44 bits per heavy atom. The minimum atomic E-state index is -0.838. The molecule has 2 N–H and O–H groups in total. The number of methoxy groups -OCH3 is 1. The van der Waals surface area contributed by atoms with Gasteiger partial charge in [-0.1, -0.05) is 12.2 Å². The largest absolute Gasteiger partial charge is 0.509 e. The Kier molecular flexibility index (Phi) is 7.14. The van der Waals surface area contributed by atoms with Gasteiger partial charge in [0.25, 0.3) is 0 Å². The molecule has 0 aromatic rings. The molecule has 1 amide bonds. The predicted molar refractivity (Wildman–Crippen MR) is 58.9 cm³/mol. The van der Waals surface area contributed by atoms with Crippen LogP contribution in [0.3, 0.4) is 0 Å². The third-order valence-corrected chi connectivity index (χ3v) is 1.41. The highest BCUT2D eigenvalue weighted by Gasteiger charge is 2.00. The van der Waals surface area contributed by atoms with Crippen molar-refractivity contribution in [2.24, 2.45) is 10.7 Å². The number of allylic oxidation sites excluding steroid dienone is 3. The van der Waals surface area contributed by atoms with Crippen molar-refractivity contribution in [1.29, 1.82) is 0 Å². The molecule has 0 aliphatic heterocycles. The van der Waals surface area contributed by atoms with Crippen LogP contribution in [0.15, 0.2) is 28.8 Å². The molecule has 0 radical (unpaired) electrons. The van der Waals surface area contributed by atoms with Crippen LogP contribution in [-0.2, 0) is 14.3 Å². The lowest BCUT2D eigenvalue weighted by molar-refractivity contribution is -0.114. The van der Waals surface area contributed by atoms with E-state index < -0.39 is 12.1 Å². The summed E-state index contributed by atoms with van der Waals surface area (Å²) in [4.78, 5) is 25.1. The first-order chi connectivity index (χ1) is 7.61. The summed E-state index contributed by atoms with van der Waals surface area (Å²) in [5.41, 5.74) is 5.30. The number of carbonyl (C=O) groups is 2. The van der Waals surface area contributed by atoms with Gasteiger partial charge >= 0.3 is 6.16 Å². The highest BCUT2D eigenvalue weighted by molar-refractivity contribution is 6.11. The Morgan fingerprint density at radius 3 is 2.62 bits per heavy atom. The van der Waals surface area contributed by atoms with Gasteiger partial charge in [0, 0.05) is 6.21 Å². The molecule has 0 saturated heterocycles. The van der Waals surface area contributed by atoms with Crippen LogP contribution in [0.1, 0.15) is 6.92 Å². The first-order valence-corrected chi connectivity index (χ1v) is 4.45. The summed E-state index contributed by atoms with van der Waals surface area (Å²) in [6.45, 7) is 1.57. The molecular weight excluding hydrogens is 212 g/mol. The zero-order valence-corrected chi connectivity index (χ0v) is 9.17. The lowest BCUT2D eigenvalue weighted by Crippen LogP contribution is -2.15. The second kappa shape index (κ2) is 8.22. The van der Waals surface area contributed by atoms with Gasteiger partial charge in [-0.2, -0.15) is 0 Å². The summed E-state index contributed by atoms with van der Waals surface area (Å²) in [6.07, 6.45) is 5.28. The van der Waals surface area contributed by atoms with E-state index in [-0.39, 0.29) is 12.3 Å². The zero-order chi connectivity index (χ0) is 12.4. The van der Waals surface area contributed by atoms with Crippen molar-refractivity contribution >= 4 is 18.3 Å². The summed E-state index contributed by atoms with van der Waals surface area (Å²) < 4.78 is 8.69. The second-order valence-corrected chi connectivity index (χ2v) is 2.55. The van der Waals surface area contributed by atoms with E-state index in [1.807, 2.05) is 0 Å². The van der Waals surface area contributed by atoms with Gasteiger partial charge in [0.05, 0.1) is 12.7 Å². The van der Waals surface area contributed by atoms with Crippen molar-refractivity contribution in [3.63, 3.8) is 0 Å². The van der Waals surface area contributed by atoms with E-state index >= 15 is 0 Å². The van der Waals surface area contributed by atoms with Gasteiger partial charge < -0.3 is 15.2 Å². The molecule has 0 spiro atoms. The standard InChI is InChI=1S/C10H14N2O4/c1-3-4-5-8(9(11)13)6-12-7-16-10(14)15-2/h3-6H,7H2,1-2H3,(H2,11,13)/b4-3-,8-5+,12-6?. The number of primary amides is 1. The summed E-state index contributed by atoms with van der Waals surface area (Å²) in [7, 11) is 1.19. The Bertz CT molecular complexity index is 332. The lowest BCUT2D eigenvalue weighted by atomic mass is 10.2. The normalized spacial score (nSPS) is 12.0. The number of nitrogens with two attached hydrogens (primary N) is 1. The van der Waals surface area contributed by atoms with E-state index in [2.05, 4.69) is 14.5 Å². The smallest absolute Gasteiger partial charge is 0.438 e. The number of hydrogen-bond donors (Lipinski definition) is 1. The molecule has 0 aliphatic carbocycles. The van der Waals surface area contributed by atoms with Gasteiger partial charge in [0.1, 0.15) is 0 Å². The Balaban J connectivity index is 4.25. The lowest BCUT2D eigenvalue weighted by Gasteiger charge is -1.98. The van der Waals surface area contributed by atoms with Gasteiger partial charge in [-0.3, -0.25) is 9.79 Å². The molecule has 0 aliphatic rings. The van der Waals surface area contributed by atoms with E-state index in [9.17, 15) is 9.59 Å². The van der Waals surface area contributed by atoms with Crippen molar-refractivity contribution in [2.45, 2.75) is 6.92 Å². The number of nitrogens with zero attached hydrogens (tertiary/aromatic N) is 1. The number of amides is 1. The molecule has 0 aromatic heterocycles. The fraction of sp³-hybridized carbons (Fsp3) is 0.300. The van der Waals surface area contributed by atoms with Crippen LogP contribution in [-0.4, -0.2) is 32.1 Å². The van der Waals surface area contributed by atoms with E-state index in [1.165, 1.54) is 19.4 Å². The summed E-state index contributed by atoms with van der Waals surface area (Å²) in [5, 5.41) is 0. The Morgan fingerprint density at radius 2 is 2.12 bits per heavy atom. The molecule has 0 fully saturated rings. The molecule has 88 valence electrons. The van der Waals surface area contributed by atoms with E-state index in [0.717, 1.165) is 0 Å². The third kappa shape index (κ3) is 6.36. The average molecular weight is 226 g/mol. The number of hydrogen-bond acceptors (Lipinski definition) is 5. The number of aliphatic imine (C=N–C) groups is 1. The van der Waals surface area contributed by atoms with Gasteiger partial charge in [0.2, 0.25) is 5.91 Å². The first-order valence-electron chi connectivity index (χ1n) is 4.45. The quantitative estimate of drug-likeness (QED) is 0.324. The molecule has 0 bridgehead atoms. The monoisotopic (exact) mass is 226 g/mol. The molecule has 0 atom stereocenters. The minimum Gasteiger partial charge on any atom is -0.438 e. The van der Waals surface area contributed by atoms with Crippen molar-refractivity contribution in [3.05, 3.63) is 23.8 Å². The van der Waals surface area contributed by atoms with Crippen LogP contribution >= 0.6 is 0 Å². The van der Waals surface area contributed by atoms with Crippen LogP contribution in [0.2, 0.25) is 0 Å². The third-order valence-electron chi connectivity index (χ3n) is 1.41. The maximum atomic E-state index is 10.9. The van der Waals surface area contributed by atoms with Crippen LogP contribution < -0.4 is 5.73 Å². The van der Waals surface area contributed by atoms with Crippen LogP contribution in [0.4, 0.5) is 4.79 Å². The van der Waals surface area contributed by atoms with E-state index in [1.54, 1.807) is 19.1 Å². The van der Waals surface area contributed by atoms with E-state index in [0.29, 0.717) is 0 Å². The number of ether oxygens (including phenoxy) is 2. The Hall–Kier alpha value is -2.11. The van der Waals surface area contributed by atoms with E-state index in [4.69, 9.17) is 5.73 Å². The molecule has 16 heavy (non-hydrogen) atoms. The minimum absolute atomic E-state index is 0.214. The van der Waals surface area contributed by atoms with Crippen molar-refractivity contribution < 1.29 is 19.1 Å². The molecular formula is C10H14N2O4.